The Bertz CT molecular complexity index is 999. The molecule has 0 spiro atoms. The summed E-state index contributed by atoms with van der Waals surface area (Å²) in [5, 5.41) is 0. The van der Waals surface area contributed by atoms with Crippen molar-refractivity contribution < 1.29 is 23.5 Å². The van der Waals surface area contributed by atoms with Crippen LogP contribution in [0.2, 0.25) is 0 Å². The van der Waals surface area contributed by atoms with E-state index in [9.17, 15) is 14.0 Å². The van der Waals surface area contributed by atoms with E-state index in [0.717, 1.165) is 11.3 Å². The first-order valence-electron chi connectivity index (χ1n) is 10.5. The van der Waals surface area contributed by atoms with Gasteiger partial charge in [-0.1, -0.05) is 18.2 Å². The number of halogens is 1. The molecule has 0 unspecified atom stereocenters. The van der Waals surface area contributed by atoms with Crippen LogP contribution in [0.4, 0.5) is 14.9 Å². The van der Waals surface area contributed by atoms with Crippen molar-refractivity contribution in [2.24, 2.45) is 0 Å². The molecular formula is C25H29FN2O4. The quantitative estimate of drug-likeness (QED) is 0.635. The zero-order valence-corrected chi connectivity index (χ0v) is 18.9. The summed E-state index contributed by atoms with van der Waals surface area (Å²) >= 11 is 0. The predicted octanol–water partition coefficient (Wildman–Crippen LogP) is 4.99. The van der Waals surface area contributed by atoms with Crippen LogP contribution < -0.4 is 9.64 Å². The first-order chi connectivity index (χ1) is 15.2. The van der Waals surface area contributed by atoms with Gasteiger partial charge in [0.25, 0.3) is 5.91 Å². The SMILES string of the molecule is CN(C/C(=C\F)COc1ccc2c(c1)CCN(c1ccccc1)C2=O)C(=O)OC(C)(C)C. The zero-order chi connectivity index (χ0) is 23.3. The number of carbonyl (C=O) groups excluding carboxylic acids is 2. The fourth-order valence-corrected chi connectivity index (χ4v) is 3.41. The molecule has 1 heterocycles. The third kappa shape index (κ3) is 5.87. The maximum atomic E-state index is 13.4. The summed E-state index contributed by atoms with van der Waals surface area (Å²) in [5.41, 5.74) is 2.07. The molecule has 0 bridgehead atoms. The van der Waals surface area contributed by atoms with Crippen molar-refractivity contribution in [1.29, 1.82) is 0 Å². The summed E-state index contributed by atoms with van der Waals surface area (Å²) < 4.78 is 24.4. The second-order valence-corrected chi connectivity index (χ2v) is 8.75. The molecule has 0 N–H and O–H groups in total. The largest absolute Gasteiger partial charge is 0.489 e. The summed E-state index contributed by atoms with van der Waals surface area (Å²) in [7, 11) is 1.54. The molecule has 0 fully saturated rings. The van der Waals surface area contributed by atoms with E-state index in [4.69, 9.17) is 9.47 Å². The average Bonchev–Trinajstić information content (AvgIpc) is 2.76. The number of benzene rings is 2. The number of ether oxygens (including phenoxy) is 2. The number of nitrogens with zero attached hydrogens (tertiary/aromatic N) is 2. The maximum absolute atomic E-state index is 13.4. The van der Waals surface area contributed by atoms with Crippen molar-refractivity contribution in [3.63, 3.8) is 0 Å². The molecule has 170 valence electrons. The highest BCUT2D eigenvalue weighted by atomic mass is 19.1. The van der Waals surface area contributed by atoms with Crippen LogP contribution in [0.15, 0.2) is 60.4 Å². The molecule has 2 aromatic rings. The number of para-hydroxylation sites is 1. The Balaban J connectivity index is 1.61. The normalized spacial score (nSPS) is 14.1. The van der Waals surface area contributed by atoms with Gasteiger partial charge in [0.15, 0.2) is 0 Å². The molecule has 0 atom stereocenters. The van der Waals surface area contributed by atoms with Crippen LogP contribution in [0, 0.1) is 0 Å². The topological polar surface area (TPSA) is 59.1 Å². The first kappa shape index (κ1) is 23.3. The number of anilines is 1. The van der Waals surface area contributed by atoms with Crippen molar-refractivity contribution >= 4 is 17.7 Å². The minimum absolute atomic E-state index is 0.0213. The van der Waals surface area contributed by atoms with E-state index >= 15 is 0 Å². The lowest BCUT2D eigenvalue weighted by atomic mass is 9.98. The Morgan fingerprint density at radius 3 is 2.56 bits per heavy atom. The molecule has 0 aromatic heterocycles. The van der Waals surface area contributed by atoms with Crippen LogP contribution in [0.3, 0.4) is 0 Å². The van der Waals surface area contributed by atoms with E-state index in [-0.39, 0.29) is 19.1 Å². The highest BCUT2D eigenvalue weighted by Crippen LogP contribution is 2.27. The number of amides is 2. The van der Waals surface area contributed by atoms with E-state index in [1.807, 2.05) is 36.4 Å². The minimum Gasteiger partial charge on any atom is -0.489 e. The lowest BCUT2D eigenvalue weighted by Gasteiger charge is -2.29. The summed E-state index contributed by atoms with van der Waals surface area (Å²) in [6, 6.07) is 14.8. The standard InChI is InChI=1S/C25H29FN2O4/c1-25(2,3)32-24(30)27(4)16-18(15-26)17-31-21-10-11-22-19(14-21)12-13-28(23(22)29)20-8-6-5-7-9-20/h5-11,14-15H,12-13,16-17H2,1-4H3/b18-15+. The van der Waals surface area contributed by atoms with Crippen molar-refractivity contribution in [3.8, 4) is 5.75 Å². The number of hydrogen-bond acceptors (Lipinski definition) is 4. The van der Waals surface area contributed by atoms with Gasteiger partial charge in [0, 0.05) is 30.4 Å². The van der Waals surface area contributed by atoms with Gasteiger partial charge < -0.3 is 19.3 Å². The monoisotopic (exact) mass is 440 g/mol. The molecule has 0 saturated carbocycles. The Morgan fingerprint density at radius 1 is 1.19 bits per heavy atom. The molecule has 0 radical (unpaired) electrons. The summed E-state index contributed by atoms with van der Waals surface area (Å²) in [5.74, 6) is 0.497. The Hall–Kier alpha value is -3.35. The number of carbonyl (C=O) groups is 2. The van der Waals surface area contributed by atoms with Crippen LogP contribution in [0.1, 0.15) is 36.7 Å². The van der Waals surface area contributed by atoms with Crippen LogP contribution in [-0.4, -0.2) is 49.2 Å². The fourth-order valence-electron chi connectivity index (χ4n) is 3.41. The molecule has 0 saturated heterocycles. The Morgan fingerprint density at radius 2 is 1.91 bits per heavy atom. The lowest BCUT2D eigenvalue weighted by molar-refractivity contribution is 0.0310. The van der Waals surface area contributed by atoms with Gasteiger partial charge in [0.2, 0.25) is 0 Å². The summed E-state index contributed by atoms with van der Waals surface area (Å²) in [6.07, 6.45) is 0.605. The maximum Gasteiger partial charge on any atom is 0.410 e. The third-order valence-electron chi connectivity index (χ3n) is 4.95. The van der Waals surface area contributed by atoms with E-state index in [1.165, 1.54) is 4.90 Å². The van der Waals surface area contributed by atoms with Gasteiger partial charge in [-0.3, -0.25) is 4.79 Å². The van der Waals surface area contributed by atoms with Gasteiger partial charge >= 0.3 is 6.09 Å². The molecule has 2 aromatic carbocycles. The molecule has 6 nitrogen and oxygen atoms in total. The molecule has 32 heavy (non-hydrogen) atoms. The van der Waals surface area contributed by atoms with Gasteiger partial charge in [0.1, 0.15) is 18.0 Å². The molecule has 1 aliphatic heterocycles. The van der Waals surface area contributed by atoms with E-state index in [1.54, 1.807) is 44.9 Å². The summed E-state index contributed by atoms with van der Waals surface area (Å²) in [4.78, 5) is 28.0. The van der Waals surface area contributed by atoms with Crippen molar-refractivity contribution in [3.05, 3.63) is 71.6 Å². The molecule has 2 amide bonds. The fraction of sp³-hybridized carbons (Fsp3) is 0.360. The second-order valence-electron chi connectivity index (χ2n) is 8.75. The molecule has 0 aliphatic carbocycles. The number of fused-ring (bicyclic) bond motifs is 1. The summed E-state index contributed by atoms with van der Waals surface area (Å²) in [6.45, 7) is 5.91. The Kier molecular flexibility index (Phi) is 7.18. The van der Waals surface area contributed by atoms with Crippen LogP contribution in [0.25, 0.3) is 0 Å². The molecular weight excluding hydrogens is 411 g/mol. The Labute approximate surface area is 188 Å². The molecule has 1 aliphatic rings. The highest BCUT2D eigenvalue weighted by Gasteiger charge is 2.26. The van der Waals surface area contributed by atoms with Crippen molar-refractivity contribution in [1.82, 2.24) is 4.90 Å². The molecule has 3 rings (SSSR count). The van der Waals surface area contributed by atoms with Gasteiger partial charge in [-0.25, -0.2) is 9.18 Å². The number of rotatable bonds is 6. The highest BCUT2D eigenvalue weighted by molar-refractivity contribution is 6.08. The van der Waals surface area contributed by atoms with E-state index < -0.39 is 11.7 Å². The smallest absolute Gasteiger partial charge is 0.410 e. The van der Waals surface area contributed by atoms with Crippen LogP contribution in [-0.2, 0) is 11.2 Å². The van der Waals surface area contributed by atoms with Gasteiger partial charge in [0.05, 0.1) is 12.9 Å². The lowest BCUT2D eigenvalue weighted by Crippen LogP contribution is -2.37. The van der Waals surface area contributed by atoms with E-state index in [2.05, 4.69) is 0 Å². The predicted molar refractivity (Wildman–Crippen MR) is 122 cm³/mol. The van der Waals surface area contributed by atoms with E-state index in [0.29, 0.717) is 36.2 Å². The van der Waals surface area contributed by atoms with Crippen molar-refractivity contribution in [2.75, 3.05) is 31.6 Å². The van der Waals surface area contributed by atoms with Gasteiger partial charge in [-0.2, -0.15) is 0 Å². The van der Waals surface area contributed by atoms with Crippen molar-refractivity contribution in [2.45, 2.75) is 32.8 Å². The number of hydrogen-bond donors (Lipinski definition) is 0. The second kappa shape index (κ2) is 9.85. The average molecular weight is 441 g/mol. The van der Waals surface area contributed by atoms with Gasteiger partial charge in [-0.05, 0) is 63.1 Å². The molecule has 7 heteroatoms. The minimum atomic E-state index is -0.627. The van der Waals surface area contributed by atoms with Crippen LogP contribution >= 0.6 is 0 Å². The van der Waals surface area contributed by atoms with Crippen LogP contribution in [0.5, 0.6) is 5.75 Å². The number of likely N-dealkylation sites (N-methyl/N-ethyl adjacent to an activating group) is 1. The zero-order valence-electron chi connectivity index (χ0n) is 18.9. The van der Waals surface area contributed by atoms with Gasteiger partial charge in [-0.15, -0.1) is 0 Å². The first-order valence-corrected chi connectivity index (χ1v) is 10.5. The third-order valence-corrected chi connectivity index (χ3v) is 4.95.